The Labute approximate surface area is 203 Å². The zero-order valence-corrected chi connectivity index (χ0v) is 19.7. The van der Waals surface area contributed by atoms with Crippen molar-refractivity contribution >= 4 is 22.9 Å². The second-order valence-corrected chi connectivity index (χ2v) is 9.05. The molecule has 182 valence electrons. The van der Waals surface area contributed by atoms with Crippen molar-refractivity contribution in [1.29, 1.82) is 0 Å². The van der Waals surface area contributed by atoms with E-state index in [1.165, 1.54) is 5.56 Å². The molecule has 3 heterocycles. The Morgan fingerprint density at radius 1 is 1.03 bits per heavy atom. The van der Waals surface area contributed by atoms with Gasteiger partial charge in [0, 0.05) is 18.7 Å². The molecule has 0 bridgehead atoms. The summed E-state index contributed by atoms with van der Waals surface area (Å²) >= 11 is 0. The summed E-state index contributed by atoms with van der Waals surface area (Å²) < 4.78 is 22.2. The van der Waals surface area contributed by atoms with Crippen LogP contribution in [0.3, 0.4) is 0 Å². The fourth-order valence-corrected chi connectivity index (χ4v) is 4.63. The summed E-state index contributed by atoms with van der Waals surface area (Å²) in [5, 5.41) is 4.42. The Kier molecular flexibility index (Phi) is 6.81. The lowest BCUT2D eigenvalue weighted by molar-refractivity contribution is -0.133. The molecule has 3 aromatic rings. The van der Waals surface area contributed by atoms with Gasteiger partial charge in [0.25, 0.3) is 5.88 Å². The topological polar surface area (TPSA) is 91.1 Å². The molecule has 2 aliphatic rings. The molecular weight excluding hydrogens is 448 g/mol. The molecule has 1 aromatic heterocycles. The first-order chi connectivity index (χ1) is 17.1. The predicted octanol–water partition coefficient (Wildman–Crippen LogP) is 4.24. The fraction of sp³-hybridized carbons (Fsp3) is 0.370. The molecule has 1 fully saturated rings. The zero-order valence-electron chi connectivity index (χ0n) is 19.7. The normalized spacial score (nSPS) is 17.9. The number of fused-ring (bicyclic) bond motifs is 3. The van der Waals surface area contributed by atoms with E-state index in [1.54, 1.807) is 13.0 Å². The van der Waals surface area contributed by atoms with E-state index in [1.807, 2.05) is 0 Å². The van der Waals surface area contributed by atoms with Crippen LogP contribution in [-0.4, -0.2) is 48.2 Å². The average molecular weight is 477 g/mol. The molecule has 0 aliphatic carbocycles. The van der Waals surface area contributed by atoms with Crippen molar-refractivity contribution in [3.8, 4) is 17.4 Å². The Balaban J connectivity index is 1.18. The number of esters is 2. The van der Waals surface area contributed by atoms with E-state index >= 15 is 0 Å². The Bertz CT molecular complexity index is 1240. The van der Waals surface area contributed by atoms with E-state index in [0.29, 0.717) is 29.1 Å². The number of carbonyl (C=O) groups is 2. The molecule has 8 heteroatoms. The lowest BCUT2D eigenvalue weighted by Gasteiger charge is -2.31. The molecule has 0 spiro atoms. The number of aromatic nitrogens is 1. The molecule has 1 saturated heterocycles. The highest BCUT2D eigenvalue weighted by Gasteiger charge is 2.27. The molecular formula is C27H28N2O6. The molecule has 0 atom stereocenters. The van der Waals surface area contributed by atoms with Crippen molar-refractivity contribution in [3.05, 3.63) is 59.7 Å². The van der Waals surface area contributed by atoms with Crippen molar-refractivity contribution in [2.24, 2.45) is 5.92 Å². The summed E-state index contributed by atoms with van der Waals surface area (Å²) in [6, 6.07) is 12.3. The molecule has 35 heavy (non-hydrogen) atoms. The van der Waals surface area contributed by atoms with Gasteiger partial charge in [0.1, 0.15) is 5.39 Å². The van der Waals surface area contributed by atoms with Crippen LogP contribution in [0.15, 0.2) is 53.1 Å². The average Bonchev–Trinajstić information content (AvgIpc) is 3.26. The van der Waals surface area contributed by atoms with Gasteiger partial charge >= 0.3 is 11.9 Å². The lowest BCUT2D eigenvalue weighted by atomic mass is 9.93. The van der Waals surface area contributed by atoms with Crippen LogP contribution in [0.4, 0.5) is 0 Å². The van der Waals surface area contributed by atoms with Gasteiger partial charge in [-0.05, 0) is 74.0 Å². The molecule has 5 rings (SSSR count). The van der Waals surface area contributed by atoms with E-state index in [4.69, 9.17) is 18.7 Å². The van der Waals surface area contributed by atoms with E-state index in [0.717, 1.165) is 57.5 Å². The summed E-state index contributed by atoms with van der Waals surface area (Å²) in [5.74, 6) is -0.278. The second kappa shape index (κ2) is 10.3. The third kappa shape index (κ3) is 5.38. The highest BCUT2D eigenvalue weighted by Crippen LogP contribution is 2.44. The monoisotopic (exact) mass is 476 g/mol. The minimum absolute atomic E-state index is 0.0886. The number of carbonyl (C=O) groups excluding carboxylic acids is 2. The van der Waals surface area contributed by atoms with Crippen molar-refractivity contribution in [3.63, 3.8) is 0 Å². The van der Waals surface area contributed by atoms with Gasteiger partial charge in [0.05, 0.1) is 6.61 Å². The number of hydrogen-bond donors (Lipinski definition) is 0. The van der Waals surface area contributed by atoms with E-state index in [9.17, 15) is 9.59 Å². The van der Waals surface area contributed by atoms with Gasteiger partial charge < -0.3 is 23.6 Å². The Morgan fingerprint density at radius 3 is 2.49 bits per heavy atom. The van der Waals surface area contributed by atoms with E-state index < -0.39 is 11.9 Å². The standard InChI is InChI=1S/C27H28N2O6/c1-18-17-21-24(26-25(18)33-22(30)7-8-23(31)34-26)27(28-35-21)32-16-12-20-10-14-29(15-11-20)13-9-19-5-3-2-4-6-19/h2-8,17,20H,9-16H2,1H3/b8-7+. The van der Waals surface area contributed by atoms with Gasteiger partial charge in [-0.25, -0.2) is 9.59 Å². The number of nitrogens with zero attached hydrogens (tertiary/aromatic N) is 2. The Hall–Kier alpha value is -3.65. The highest BCUT2D eigenvalue weighted by molar-refractivity contribution is 6.00. The molecule has 2 aromatic carbocycles. The molecule has 0 N–H and O–H groups in total. The summed E-state index contributed by atoms with van der Waals surface area (Å²) in [5.41, 5.74) is 2.37. The lowest BCUT2D eigenvalue weighted by Crippen LogP contribution is -2.35. The van der Waals surface area contributed by atoms with Crippen molar-refractivity contribution in [2.75, 3.05) is 26.2 Å². The van der Waals surface area contributed by atoms with Gasteiger partial charge in [0.2, 0.25) is 0 Å². The van der Waals surface area contributed by atoms with Crippen LogP contribution in [0.25, 0.3) is 11.0 Å². The first-order valence-corrected chi connectivity index (χ1v) is 12.0. The smallest absolute Gasteiger partial charge is 0.336 e. The highest BCUT2D eigenvalue weighted by atomic mass is 16.6. The largest absolute Gasteiger partial charge is 0.475 e. The van der Waals surface area contributed by atoms with Gasteiger partial charge in [-0.1, -0.05) is 30.3 Å². The first-order valence-electron chi connectivity index (χ1n) is 12.0. The quantitative estimate of drug-likeness (QED) is 0.369. The molecule has 0 radical (unpaired) electrons. The van der Waals surface area contributed by atoms with Crippen molar-refractivity contribution in [1.82, 2.24) is 10.1 Å². The van der Waals surface area contributed by atoms with Gasteiger partial charge in [-0.3, -0.25) is 0 Å². The number of piperidine rings is 1. The number of likely N-dealkylation sites (tertiary alicyclic amines) is 1. The maximum absolute atomic E-state index is 12.1. The molecule has 8 nitrogen and oxygen atoms in total. The van der Waals surface area contributed by atoms with E-state index in [-0.39, 0.29) is 17.4 Å². The minimum Gasteiger partial charge on any atom is -0.475 e. The van der Waals surface area contributed by atoms with Gasteiger partial charge in [0.15, 0.2) is 17.1 Å². The number of rotatable bonds is 7. The SMILES string of the molecule is Cc1cc2onc(OCCC3CCN(CCc4ccccc4)CC3)c2c2c1OC(=O)/C=C/C(=O)O2. The molecule has 0 saturated carbocycles. The second-order valence-electron chi connectivity index (χ2n) is 9.05. The van der Waals surface area contributed by atoms with Crippen LogP contribution in [0.2, 0.25) is 0 Å². The summed E-state index contributed by atoms with van der Waals surface area (Å²) in [6.07, 6.45) is 6.30. The van der Waals surface area contributed by atoms with Crippen molar-refractivity contribution in [2.45, 2.75) is 32.6 Å². The molecule has 2 aliphatic heterocycles. The van der Waals surface area contributed by atoms with Gasteiger partial charge in [-0.15, -0.1) is 0 Å². The third-order valence-electron chi connectivity index (χ3n) is 6.62. The first kappa shape index (κ1) is 23.1. The fourth-order valence-electron chi connectivity index (χ4n) is 4.63. The number of benzene rings is 2. The van der Waals surface area contributed by atoms with Crippen molar-refractivity contribution < 1.29 is 28.3 Å². The van der Waals surface area contributed by atoms with Crippen LogP contribution in [-0.2, 0) is 16.0 Å². The van der Waals surface area contributed by atoms with E-state index in [2.05, 4.69) is 40.4 Å². The maximum Gasteiger partial charge on any atom is 0.336 e. The number of ether oxygens (including phenoxy) is 3. The maximum atomic E-state index is 12.1. The predicted molar refractivity (Wildman–Crippen MR) is 129 cm³/mol. The zero-order chi connectivity index (χ0) is 24.2. The number of aryl methyl sites for hydroxylation is 1. The van der Waals surface area contributed by atoms with Gasteiger partial charge in [-0.2, -0.15) is 0 Å². The Morgan fingerprint density at radius 2 is 1.74 bits per heavy atom. The summed E-state index contributed by atoms with van der Waals surface area (Å²) in [6.45, 7) is 5.46. The van der Waals surface area contributed by atoms with Crippen LogP contribution in [0.5, 0.6) is 17.4 Å². The number of hydrogen-bond acceptors (Lipinski definition) is 8. The van der Waals surface area contributed by atoms with Crippen LogP contribution in [0, 0.1) is 12.8 Å². The van der Waals surface area contributed by atoms with Crippen LogP contribution in [0.1, 0.15) is 30.4 Å². The van der Waals surface area contributed by atoms with Crippen LogP contribution >= 0.6 is 0 Å². The van der Waals surface area contributed by atoms with Crippen LogP contribution < -0.4 is 14.2 Å². The summed E-state index contributed by atoms with van der Waals surface area (Å²) in [7, 11) is 0. The molecule has 0 amide bonds. The summed E-state index contributed by atoms with van der Waals surface area (Å²) in [4.78, 5) is 26.6. The third-order valence-corrected chi connectivity index (χ3v) is 6.62. The molecule has 0 unspecified atom stereocenters. The minimum atomic E-state index is -0.680.